The van der Waals surface area contributed by atoms with E-state index >= 15 is 0 Å². The van der Waals surface area contributed by atoms with Crippen molar-refractivity contribution in [2.24, 2.45) is 4.99 Å². The normalized spacial score (nSPS) is 12.7. The molecular weight excluding hydrogens is 472 g/mol. The van der Waals surface area contributed by atoms with Crippen LogP contribution in [0.5, 0.6) is 0 Å². The molecule has 0 radical (unpaired) electrons. The summed E-state index contributed by atoms with van der Waals surface area (Å²) in [6, 6.07) is 19.5. The molecule has 2 heterocycles. The molecule has 0 amide bonds. The summed E-state index contributed by atoms with van der Waals surface area (Å²) in [5, 5.41) is 17.8. The Morgan fingerprint density at radius 3 is 1.89 bits per heavy atom. The predicted molar refractivity (Wildman–Crippen MR) is 145 cm³/mol. The number of nitrogens with two attached hydrogens (primary N) is 1. The third-order valence-electron chi connectivity index (χ3n) is 7.11. The van der Waals surface area contributed by atoms with Crippen molar-refractivity contribution in [3.05, 3.63) is 94.6 Å². The van der Waals surface area contributed by atoms with Crippen LogP contribution in [0.3, 0.4) is 0 Å². The first-order chi connectivity index (χ1) is 18.6. The van der Waals surface area contributed by atoms with Gasteiger partial charge in [0.15, 0.2) is 0 Å². The van der Waals surface area contributed by atoms with E-state index in [1.807, 2.05) is 24.3 Å². The molecule has 2 aliphatic rings. The number of benzene rings is 2. The van der Waals surface area contributed by atoms with Crippen molar-refractivity contribution in [2.45, 2.75) is 38.5 Å². The molecule has 2 N–H and O–H groups in total. The topological polar surface area (TPSA) is 129 Å². The number of hydrogen-bond donors (Lipinski definition) is 1. The SMILES string of the molecule is N#Cc1cc(-c2ccc3c(c2N)CCC3)ccn1.N#Cc1cc(-c2ccc3c(c2N=C=O)CCC3)ccn1. The Bertz CT molecular complexity index is 1670. The molecule has 7 nitrogen and oxygen atoms in total. The van der Waals surface area contributed by atoms with Crippen LogP contribution >= 0.6 is 0 Å². The van der Waals surface area contributed by atoms with E-state index in [0.29, 0.717) is 17.1 Å². The van der Waals surface area contributed by atoms with E-state index in [2.05, 4.69) is 39.2 Å². The van der Waals surface area contributed by atoms with Gasteiger partial charge in [0, 0.05) is 29.2 Å². The molecule has 2 aliphatic carbocycles. The smallest absolute Gasteiger partial charge is 0.240 e. The number of aliphatic imine (C=N–C) groups is 1. The van der Waals surface area contributed by atoms with Crippen LogP contribution in [0.25, 0.3) is 22.3 Å². The lowest BCUT2D eigenvalue weighted by atomic mass is 9.98. The first-order valence-corrected chi connectivity index (χ1v) is 12.5. The fourth-order valence-electron chi connectivity index (χ4n) is 5.32. The fraction of sp³-hybridized carbons (Fsp3) is 0.194. The molecule has 38 heavy (non-hydrogen) atoms. The maximum Gasteiger partial charge on any atom is 0.240 e. The quantitative estimate of drug-likeness (QED) is 0.218. The number of aryl methyl sites for hydroxylation is 2. The van der Waals surface area contributed by atoms with E-state index in [1.54, 1.807) is 30.6 Å². The molecule has 2 aromatic heterocycles. The molecule has 0 atom stereocenters. The number of hydrogen-bond acceptors (Lipinski definition) is 7. The number of nitrogens with zero attached hydrogens (tertiary/aromatic N) is 5. The Balaban J connectivity index is 0.000000156. The van der Waals surface area contributed by atoms with Gasteiger partial charge in [-0.05, 0) is 96.2 Å². The minimum Gasteiger partial charge on any atom is -0.398 e. The lowest BCUT2D eigenvalue weighted by Gasteiger charge is -2.10. The second kappa shape index (κ2) is 10.9. The maximum absolute atomic E-state index is 10.7. The number of isocyanates is 1. The van der Waals surface area contributed by atoms with Gasteiger partial charge in [-0.3, -0.25) is 0 Å². The molecule has 0 fully saturated rings. The lowest BCUT2D eigenvalue weighted by Crippen LogP contribution is -1.97. The van der Waals surface area contributed by atoms with Crippen LogP contribution in [0.1, 0.15) is 46.5 Å². The molecule has 0 unspecified atom stereocenters. The Morgan fingerprint density at radius 1 is 0.737 bits per heavy atom. The zero-order valence-electron chi connectivity index (χ0n) is 20.7. The summed E-state index contributed by atoms with van der Waals surface area (Å²) in [6.45, 7) is 0. The van der Waals surface area contributed by atoms with E-state index in [-0.39, 0.29) is 0 Å². The molecule has 0 spiro atoms. The second-order valence-electron chi connectivity index (χ2n) is 9.26. The van der Waals surface area contributed by atoms with Gasteiger partial charge in [-0.15, -0.1) is 0 Å². The van der Waals surface area contributed by atoms with Crippen molar-refractivity contribution in [3.63, 3.8) is 0 Å². The zero-order chi connectivity index (χ0) is 26.5. The molecule has 4 aromatic rings. The first kappa shape index (κ1) is 24.6. The fourth-order valence-corrected chi connectivity index (χ4v) is 5.32. The lowest BCUT2D eigenvalue weighted by molar-refractivity contribution is 0.565. The summed E-state index contributed by atoms with van der Waals surface area (Å²) in [7, 11) is 0. The highest BCUT2D eigenvalue weighted by Crippen LogP contribution is 2.39. The first-order valence-electron chi connectivity index (χ1n) is 12.5. The van der Waals surface area contributed by atoms with Crippen molar-refractivity contribution < 1.29 is 4.79 Å². The minimum absolute atomic E-state index is 0.351. The third kappa shape index (κ3) is 4.80. The summed E-state index contributed by atoms with van der Waals surface area (Å²) in [6.07, 6.45) is 11.3. The van der Waals surface area contributed by atoms with Crippen LogP contribution in [0.15, 0.2) is 65.9 Å². The van der Waals surface area contributed by atoms with Gasteiger partial charge in [-0.1, -0.05) is 24.3 Å². The van der Waals surface area contributed by atoms with E-state index in [9.17, 15) is 4.79 Å². The van der Waals surface area contributed by atoms with Crippen molar-refractivity contribution in [2.75, 3.05) is 5.73 Å². The van der Waals surface area contributed by atoms with Crippen molar-refractivity contribution in [3.8, 4) is 34.4 Å². The predicted octanol–water partition coefficient (Wildman–Crippen LogP) is 5.77. The van der Waals surface area contributed by atoms with E-state index in [1.165, 1.54) is 23.1 Å². The van der Waals surface area contributed by atoms with Crippen LogP contribution < -0.4 is 5.73 Å². The Morgan fingerprint density at radius 2 is 1.29 bits per heavy atom. The average molecular weight is 497 g/mol. The van der Waals surface area contributed by atoms with Gasteiger partial charge in [0.25, 0.3) is 0 Å². The monoisotopic (exact) mass is 496 g/mol. The van der Waals surface area contributed by atoms with Crippen molar-refractivity contribution in [1.82, 2.24) is 9.97 Å². The number of nitrogen functional groups attached to an aromatic ring is 1. The van der Waals surface area contributed by atoms with Gasteiger partial charge >= 0.3 is 0 Å². The molecule has 7 heteroatoms. The van der Waals surface area contributed by atoms with Crippen molar-refractivity contribution in [1.29, 1.82) is 10.5 Å². The van der Waals surface area contributed by atoms with E-state index in [0.717, 1.165) is 65.6 Å². The molecular formula is C31H24N6O. The second-order valence-corrected chi connectivity index (χ2v) is 9.26. The largest absolute Gasteiger partial charge is 0.398 e. The van der Waals surface area contributed by atoms with Crippen LogP contribution in [-0.2, 0) is 30.5 Å². The maximum atomic E-state index is 10.7. The number of carbonyl (C=O) groups excluding carboxylic acids is 1. The number of rotatable bonds is 3. The highest BCUT2D eigenvalue weighted by molar-refractivity contribution is 5.82. The number of fused-ring (bicyclic) bond motifs is 2. The van der Waals surface area contributed by atoms with Crippen LogP contribution in [0.2, 0.25) is 0 Å². The van der Waals surface area contributed by atoms with Gasteiger partial charge in [-0.25, -0.2) is 14.8 Å². The molecule has 6 rings (SSSR count). The minimum atomic E-state index is 0.351. The number of aromatic nitrogens is 2. The van der Waals surface area contributed by atoms with Gasteiger partial charge in [0.05, 0.1) is 5.69 Å². The Kier molecular flexibility index (Phi) is 7.04. The molecule has 0 bridgehead atoms. The summed E-state index contributed by atoms with van der Waals surface area (Å²) in [5.74, 6) is 0. The molecule has 0 saturated carbocycles. The van der Waals surface area contributed by atoms with Crippen LogP contribution in [0, 0.1) is 22.7 Å². The van der Waals surface area contributed by atoms with Crippen LogP contribution in [-0.4, -0.2) is 16.0 Å². The van der Waals surface area contributed by atoms with E-state index < -0.39 is 0 Å². The summed E-state index contributed by atoms with van der Waals surface area (Å²) < 4.78 is 0. The van der Waals surface area contributed by atoms with Gasteiger partial charge in [-0.2, -0.15) is 15.5 Å². The van der Waals surface area contributed by atoms with Gasteiger partial charge < -0.3 is 5.73 Å². The summed E-state index contributed by atoms with van der Waals surface area (Å²) in [4.78, 5) is 22.6. The molecule has 184 valence electrons. The zero-order valence-corrected chi connectivity index (χ0v) is 20.7. The average Bonchev–Trinajstić information content (AvgIpc) is 3.64. The van der Waals surface area contributed by atoms with E-state index in [4.69, 9.17) is 16.3 Å². The number of pyridine rings is 2. The Labute approximate surface area is 221 Å². The molecule has 0 aliphatic heterocycles. The highest BCUT2D eigenvalue weighted by Gasteiger charge is 2.19. The molecule has 0 saturated heterocycles. The highest BCUT2D eigenvalue weighted by atomic mass is 16.1. The number of nitriles is 2. The summed E-state index contributed by atoms with van der Waals surface area (Å²) in [5.41, 5.74) is 17.3. The number of anilines is 1. The molecule has 2 aromatic carbocycles. The Hall–Kier alpha value is -5.10. The van der Waals surface area contributed by atoms with Gasteiger partial charge in [0.1, 0.15) is 23.5 Å². The standard InChI is InChI=1S/C16H11N3O.C15H13N3/c17-9-13-8-12(6-7-18-13)15-5-4-11-2-1-3-14(11)16(15)19-10-20;16-9-12-8-11(6-7-18-12)14-5-4-10-2-1-3-13(10)15(14)17/h4-8H,1-3H2;4-8H,1-3,17H2. The third-order valence-corrected chi connectivity index (χ3v) is 7.11. The van der Waals surface area contributed by atoms with Crippen molar-refractivity contribution >= 4 is 17.5 Å². The van der Waals surface area contributed by atoms with Gasteiger partial charge in [0.2, 0.25) is 6.08 Å². The summed E-state index contributed by atoms with van der Waals surface area (Å²) >= 11 is 0. The van der Waals surface area contributed by atoms with Crippen LogP contribution in [0.4, 0.5) is 11.4 Å².